The number of benzene rings is 1. The minimum absolute atomic E-state index is 0.266. The van der Waals surface area contributed by atoms with Crippen LogP contribution in [0.3, 0.4) is 0 Å². The molecule has 0 amide bonds. The van der Waals surface area contributed by atoms with Gasteiger partial charge in [0.05, 0.1) is 6.61 Å². The molecule has 4 nitrogen and oxygen atoms in total. The van der Waals surface area contributed by atoms with E-state index in [-0.39, 0.29) is 6.61 Å². The van der Waals surface area contributed by atoms with E-state index in [0.717, 1.165) is 0 Å². The van der Waals surface area contributed by atoms with Gasteiger partial charge in [0, 0.05) is 19.1 Å². The van der Waals surface area contributed by atoms with Crippen LogP contribution >= 0.6 is 11.6 Å². The monoisotopic (exact) mass is 258 g/mol. The minimum atomic E-state index is -1.45. The molecule has 0 fully saturated rings. The quantitative estimate of drug-likeness (QED) is 0.602. The van der Waals surface area contributed by atoms with Gasteiger partial charge in [0.15, 0.2) is 0 Å². The Balaban J connectivity index is 2.81. The van der Waals surface area contributed by atoms with Crippen molar-refractivity contribution in [3.63, 3.8) is 0 Å². The van der Waals surface area contributed by atoms with Gasteiger partial charge in [-0.25, -0.2) is 4.79 Å². The summed E-state index contributed by atoms with van der Waals surface area (Å²) in [7, 11) is 1.38. The van der Waals surface area contributed by atoms with E-state index in [2.05, 4.69) is 0 Å². The smallest absolute Gasteiger partial charge is 0.379 e. The highest BCUT2D eigenvalue weighted by molar-refractivity contribution is 6.30. The molecule has 1 aromatic carbocycles. The van der Waals surface area contributed by atoms with E-state index >= 15 is 0 Å². The molecule has 0 saturated carbocycles. The van der Waals surface area contributed by atoms with Crippen molar-refractivity contribution in [2.45, 2.75) is 19.6 Å². The summed E-state index contributed by atoms with van der Waals surface area (Å²) in [5.74, 6) is -1.55. The predicted octanol–water partition coefficient (Wildman–Crippen LogP) is 2.64. The number of carbonyl (C=O) groups is 1. The second-order valence-corrected chi connectivity index (χ2v) is 3.86. The van der Waals surface area contributed by atoms with Gasteiger partial charge >= 0.3 is 11.8 Å². The van der Waals surface area contributed by atoms with Crippen LogP contribution in [0.25, 0.3) is 0 Å². The molecule has 0 radical (unpaired) electrons. The molecule has 0 heterocycles. The van der Waals surface area contributed by atoms with Crippen molar-refractivity contribution in [2.75, 3.05) is 13.7 Å². The second kappa shape index (κ2) is 5.89. The molecule has 5 heteroatoms. The Morgan fingerprint density at radius 3 is 2.41 bits per heavy atom. The van der Waals surface area contributed by atoms with E-state index in [9.17, 15) is 4.79 Å². The maximum atomic E-state index is 11.7. The average Bonchev–Trinajstić information content (AvgIpc) is 2.32. The van der Waals surface area contributed by atoms with Crippen LogP contribution < -0.4 is 4.74 Å². The fourth-order valence-electron chi connectivity index (χ4n) is 1.16. The first-order valence-corrected chi connectivity index (χ1v) is 5.56. The molecule has 0 N–H and O–H groups in total. The summed E-state index contributed by atoms with van der Waals surface area (Å²) in [4.78, 5) is 11.7. The highest BCUT2D eigenvalue weighted by Crippen LogP contribution is 2.22. The van der Waals surface area contributed by atoms with Crippen molar-refractivity contribution >= 4 is 17.6 Å². The van der Waals surface area contributed by atoms with E-state index in [1.54, 1.807) is 31.2 Å². The lowest BCUT2D eigenvalue weighted by atomic mass is 10.3. The Morgan fingerprint density at radius 1 is 1.35 bits per heavy atom. The molecule has 1 rings (SSSR count). The summed E-state index contributed by atoms with van der Waals surface area (Å²) in [6.07, 6.45) is 0. The Labute approximate surface area is 105 Å². The zero-order chi connectivity index (χ0) is 12.9. The van der Waals surface area contributed by atoms with Gasteiger partial charge in [-0.2, -0.15) is 0 Å². The van der Waals surface area contributed by atoms with E-state index in [4.69, 9.17) is 25.8 Å². The lowest BCUT2D eigenvalue weighted by Gasteiger charge is -2.26. The minimum Gasteiger partial charge on any atom is -0.461 e. The van der Waals surface area contributed by atoms with Crippen molar-refractivity contribution in [2.24, 2.45) is 0 Å². The third-order valence-electron chi connectivity index (χ3n) is 2.16. The first-order chi connectivity index (χ1) is 8.01. The van der Waals surface area contributed by atoms with Crippen LogP contribution in [0.2, 0.25) is 5.02 Å². The van der Waals surface area contributed by atoms with Crippen LogP contribution in [0.4, 0.5) is 0 Å². The van der Waals surface area contributed by atoms with Crippen LogP contribution in [0.15, 0.2) is 24.3 Å². The largest absolute Gasteiger partial charge is 0.461 e. The van der Waals surface area contributed by atoms with Crippen molar-refractivity contribution in [3.05, 3.63) is 29.3 Å². The molecule has 0 aromatic heterocycles. The van der Waals surface area contributed by atoms with Crippen molar-refractivity contribution in [1.82, 2.24) is 0 Å². The summed E-state index contributed by atoms with van der Waals surface area (Å²) >= 11 is 5.75. The van der Waals surface area contributed by atoms with Crippen molar-refractivity contribution in [1.29, 1.82) is 0 Å². The molecular weight excluding hydrogens is 244 g/mol. The summed E-state index contributed by atoms with van der Waals surface area (Å²) in [6.45, 7) is 3.48. The predicted molar refractivity (Wildman–Crippen MR) is 64.1 cm³/mol. The number of hydrogen-bond acceptors (Lipinski definition) is 4. The van der Waals surface area contributed by atoms with E-state index in [1.165, 1.54) is 14.0 Å². The molecule has 1 aromatic rings. The van der Waals surface area contributed by atoms with Gasteiger partial charge in [-0.15, -0.1) is 0 Å². The third kappa shape index (κ3) is 3.61. The molecule has 0 spiro atoms. The molecule has 0 saturated heterocycles. The van der Waals surface area contributed by atoms with Gasteiger partial charge < -0.3 is 14.2 Å². The molecule has 94 valence electrons. The topological polar surface area (TPSA) is 44.8 Å². The second-order valence-electron chi connectivity index (χ2n) is 3.43. The standard InChI is InChI=1S/C12H15ClO4/c1-4-16-11(14)12(2,15-3)17-10-7-5-9(13)6-8-10/h5-8H,4H2,1-3H3. The maximum absolute atomic E-state index is 11.7. The van der Waals surface area contributed by atoms with E-state index in [1.807, 2.05) is 0 Å². The summed E-state index contributed by atoms with van der Waals surface area (Å²) in [5.41, 5.74) is 0. The number of ether oxygens (including phenoxy) is 3. The number of hydrogen-bond donors (Lipinski definition) is 0. The van der Waals surface area contributed by atoms with Crippen LogP contribution in [-0.4, -0.2) is 25.5 Å². The lowest BCUT2D eigenvalue weighted by molar-refractivity contribution is -0.202. The number of halogens is 1. The Morgan fingerprint density at radius 2 is 1.94 bits per heavy atom. The summed E-state index contributed by atoms with van der Waals surface area (Å²) < 4.78 is 15.4. The highest BCUT2D eigenvalue weighted by Gasteiger charge is 2.37. The van der Waals surface area contributed by atoms with Gasteiger partial charge in [0.1, 0.15) is 5.75 Å². The van der Waals surface area contributed by atoms with Crippen LogP contribution in [0.5, 0.6) is 5.75 Å². The Kier molecular flexibility index (Phi) is 4.78. The van der Waals surface area contributed by atoms with Crippen LogP contribution in [-0.2, 0) is 14.3 Å². The van der Waals surface area contributed by atoms with E-state index < -0.39 is 11.8 Å². The molecule has 0 aliphatic heterocycles. The molecular formula is C12H15ClO4. The van der Waals surface area contributed by atoms with Gasteiger partial charge in [-0.1, -0.05) is 11.6 Å². The van der Waals surface area contributed by atoms with Crippen LogP contribution in [0, 0.1) is 0 Å². The zero-order valence-corrected chi connectivity index (χ0v) is 10.8. The summed E-state index contributed by atoms with van der Waals surface area (Å²) in [5, 5.41) is 0.590. The molecule has 0 aliphatic rings. The fourth-order valence-corrected chi connectivity index (χ4v) is 1.28. The van der Waals surface area contributed by atoms with E-state index in [0.29, 0.717) is 10.8 Å². The Bertz CT molecular complexity index is 377. The fraction of sp³-hybridized carbons (Fsp3) is 0.417. The molecule has 1 atom stereocenters. The maximum Gasteiger partial charge on any atom is 0.379 e. The zero-order valence-electron chi connectivity index (χ0n) is 10.0. The van der Waals surface area contributed by atoms with Crippen molar-refractivity contribution in [3.8, 4) is 5.75 Å². The van der Waals surface area contributed by atoms with Gasteiger partial charge in [0.25, 0.3) is 0 Å². The Hall–Kier alpha value is -1.26. The first-order valence-electron chi connectivity index (χ1n) is 5.19. The molecule has 1 unspecified atom stereocenters. The van der Waals surface area contributed by atoms with Gasteiger partial charge in [0.2, 0.25) is 0 Å². The third-order valence-corrected chi connectivity index (χ3v) is 2.41. The molecule has 0 bridgehead atoms. The number of methoxy groups -OCH3 is 1. The van der Waals surface area contributed by atoms with Crippen molar-refractivity contribution < 1.29 is 19.0 Å². The van der Waals surface area contributed by atoms with Gasteiger partial charge in [-0.3, -0.25) is 0 Å². The van der Waals surface area contributed by atoms with Crippen LogP contribution in [0.1, 0.15) is 13.8 Å². The lowest BCUT2D eigenvalue weighted by Crippen LogP contribution is -2.44. The first kappa shape index (κ1) is 13.8. The number of carbonyl (C=O) groups excluding carboxylic acids is 1. The molecule has 0 aliphatic carbocycles. The summed E-state index contributed by atoms with van der Waals surface area (Å²) in [6, 6.07) is 6.63. The number of esters is 1. The SMILES string of the molecule is CCOC(=O)C(C)(OC)Oc1ccc(Cl)cc1. The normalized spacial score (nSPS) is 13.9. The average molecular weight is 259 g/mol. The number of rotatable bonds is 5. The molecule has 17 heavy (non-hydrogen) atoms. The highest BCUT2D eigenvalue weighted by atomic mass is 35.5. The van der Waals surface area contributed by atoms with Gasteiger partial charge in [-0.05, 0) is 31.2 Å².